The van der Waals surface area contributed by atoms with Gasteiger partial charge in [-0.3, -0.25) is 4.99 Å². The van der Waals surface area contributed by atoms with E-state index >= 15 is 0 Å². The van der Waals surface area contributed by atoms with E-state index in [4.69, 9.17) is 4.99 Å². The third-order valence-electron chi connectivity index (χ3n) is 4.10. The van der Waals surface area contributed by atoms with Crippen LogP contribution in [-0.2, 0) is 6.54 Å². The largest absolute Gasteiger partial charge is 0.357 e. The second-order valence-electron chi connectivity index (χ2n) is 6.21. The van der Waals surface area contributed by atoms with Crippen LogP contribution in [0.3, 0.4) is 0 Å². The number of rotatable bonds is 8. The third kappa shape index (κ3) is 6.47. The molecule has 23 heavy (non-hydrogen) atoms. The van der Waals surface area contributed by atoms with Crippen LogP contribution in [0, 0.1) is 6.92 Å². The predicted molar refractivity (Wildman–Crippen MR) is 99.2 cm³/mol. The SMILES string of the molecule is CCNC(=NCCCCN1CCCC1)N(C)Cc1csc(C)n1. The van der Waals surface area contributed by atoms with Gasteiger partial charge in [0.1, 0.15) is 0 Å². The third-order valence-corrected chi connectivity index (χ3v) is 4.93. The van der Waals surface area contributed by atoms with Gasteiger partial charge in [-0.1, -0.05) is 0 Å². The fraction of sp³-hybridized carbons (Fsp3) is 0.765. The number of hydrogen-bond donors (Lipinski definition) is 1. The highest BCUT2D eigenvalue weighted by Gasteiger charge is 2.11. The first kappa shape index (κ1) is 18.2. The molecule has 0 aliphatic carbocycles. The van der Waals surface area contributed by atoms with Crippen LogP contribution < -0.4 is 5.32 Å². The highest BCUT2D eigenvalue weighted by Crippen LogP contribution is 2.10. The summed E-state index contributed by atoms with van der Waals surface area (Å²) in [5, 5.41) is 6.64. The van der Waals surface area contributed by atoms with Gasteiger partial charge in [-0.25, -0.2) is 4.98 Å². The molecule has 0 radical (unpaired) electrons. The minimum absolute atomic E-state index is 0.809. The Kier molecular flexibility index (Phi) is 7.82. The summed E-state index contributed by atoms with van der Waals surface area (Å²) in [4.78, 5) is 14.0. The van der Waals surface area contributed by atoms with Gasteiger partial charge in [-0.2, -0.15) is 0 Å². The molecule has 0 amide bonds. The van der Waals surface area contributed by atoms with Gasteiger partial charge in [0.15, 0.2) is 5.96 Å². The number of likely N-dealkylation sites (tertiary alicyclic amines) is 1. The van der Waals surface area contributed by atoms with Crippen molar-refractivity contribution in [1.29, 1.82) is 0 Å². The minimum atomic E-state index is 0.809. The summed E-state index contributed by atoms with van der Waals surface area (Å²) in [5.74, 6) is 0.985. The molecule has 0 aromatic carbocycles. The maximum absolute atomic E-state index is 4.77. The highest BCUT2D eigenvalue weighted by atomic mass is 32.1. The molecular formula is C17H31N5S. The summed E-state index contributed by atoms with van der Waals surface area (Å²) in [7, 11) is 2.08. The zero-order valence-corrected chi connectivity index (χ0v) is 15.7. The van der Waals surface area contributed by atoms with Crippen molar-refractivity contribution >= 4 is 17.3 Å². The summed E-state index contributed by atoms with van der Waals surface area (Å²) in [6, 6.07) is 0. The fourth-order valence-corrected chi connectivity index (χ4v) is 3.51. The van der Waals surface area contributed by atoms with Crippen LogP contribution in [0.4, 0.5) is 0 Å². The Balaban J connectivity index is 1.74. The predicted octanol–water partition coefficient (Wildman–Crippen LogP) is 2.72. The summed E-state index contributed by atoms with van der Waals surface area (Å²) in [6.45, 7) is 10.6. The second kappa shape index (κ2) is 9.88. The molecule has 5 nitrogen and oxygen atoms in total. The molecule has 0 saturated carbocycles. The van der Waals surface area contributed by atoms with Crippen LogP contribution >= 0.6 is 11.3 Å². The van der Waals surface area contributed by atoms with Gasteiger partial charge >= 0.3 is 0 Å². The van der Waals surface area contributed by atoms with Gasteiger partial charge in [0.25, 0.3) is 0 Å². The van der Waals surface area contributed by atoms with Gasteiger partial charge in [0.2, 0.25) is 0 Å². The van der Waals surface area contributed by atoms with Crippen molar-refractivity contribution in [3.05, 3.63) is 16.1 Å². The van der Waals surface area contributed by atoms with E-state index in [1.54, 1.807) is 11.3 Å². The molecule has 0 spiro atoms. The van der Waals surface area contributed by atoms with Crippen LogP contribution in [0.25, 0.3) is 0 Å². The summed E-state index contributed by atoms with van der Waals surface area (Å²) in [6.07, 6.45) is 5.17. The van der Waals surface area contributed by atoms with Crippen LogP contribution in [-0.4, -0.2) is 60.5 Å². The molecule has 0 unspecified atom stereocenters. The van der Waals surface area contributed by atoms with Crippen molar-refractivity contribution in [2.24, 2.45) is 4.99 Å². The lowest BCUT2D eigenvalue weighted by Gasteiger charge is -2.21. The first-order valence-electron chi connectivity index (χ1n) is 8.82. The van der Waals surface area contributed by atoms with Crippen LogP contribution in [0.2, 0.25) is 0 Å². The lowest BCUT2D eigenvalue weighted by Crippen LogP contribution is -2.38. The number of thiazole rings is 1. The number of nitrogens with one attached hydrogen (secondary N) is 1. The summed E-state index contributed by atoms with van der Waals surface area (Å²) < 4.78 is 0. The summed E-state index contributed by atoms with van der Waals surface area (Å²) >= 11 is 1.71. The molecule has 1 aromatic heterocycles. The van der Waals surface area contributed by atoms with Crippen molar-refractivity contribution in [2.45, 2.75) is 46.1 Å². The van der Waals surface area contributed by atoms with E-state index in [0.717, 1.165) is 42.7 Å². The molecule has 1 fully saturated rings. The number of aryl methyl sites for hydroxylation is 1. The Morgan fingerprint density at radius 3 is 2.83 bits per heavy atom. The van der Waals surface area contributed by atoms with Crippen LogP contribution in [0.15, 0.2) is 10.4 Å². The fourth-order valence-electron chi connectivity index (χ4n) is 2.91. The Morgan fingerprint density at radius 1 is 1.39 bits per heavy atom. The lowest BCUT2D eigenvalue weighted by molar-refractivity contribution is 0.331. The Bertz CT molecular complexity index is 479. The lowest BCUT2D eigenvalue weighted by atomic mass is 10.3. The van der Waals surface area contributed by atoms with E-state index in [9.17, 15) is 0 Å². The standard InChI is InChI=1S/C17H31N5S/c1-4-18-17(21(3)13-16-14-23-15(2)20-16)19-9-5-6-10-22-11-7-8-12-22/h14H,4-13H2,1-3H3,(H,18,19). The first-order valence-corrected chi connectivity index (χ1v) is 9.70. The molecule has 6 heteroatoms. The molecule has 1 aliphatic heterocycles. The quantitative estimate of drug-likeness (QED) is 0.450. The van der Waals surface area contributed by atoms with E-state index in [0.29, 0.717) is 0 Å². The average Bonchev–Trinajstić information content (AvgIpc) is 3.17. The second-order valence-corrected chi connectivity index (χ2v) is 7.27. The number of nitrogens with zero attached hydrogens (tertiary/aromatic N) is 4. The van der Waals surface area contributed by atoms with Crippen molar-refractivity contribution in [3.63, 3.8) is 0 Å². The smallest absolute Gasteiger partial charge is 0.194 e. The average molecular weight is 338 g/mol. The summed E-state index contributed by atoms with van der Waals surface area (Å²) in [5.41, 5.74) is 1.12. The number of guanidine groups is 1. The monoisotopic (exact) mass is 337 g/mol. The normalized spacial score (nSPS) is 16.0. The van der Waals surface area contributed by atoms with E-state index in [1.165, 1.54) is 38.9 Å². The van der Waals surface area contributed by atoms with E-state index in [-0.39, 0.29) is 0 Å². The van der Waals surface area contributed by atoms with E-state index < -0.39 is 0 Å². The topological polar surface area (TPSA) is 43.8 Å². The van der Waals surface area contributed by atoms with Gasteiger partial charge in [-0.15, -0.1) is 11.3 Å². The zero-order valence-electron chi connectivity index (χ0n) is 14.8. The number of hydrogen-bond acceptors (Lipinski definition) is 4. The van der Waals surface area contributed by atoms with Crippen molar-refractivity contribution in [1.82, 2.24) is 20.1 Å². The molecule has 2 heterocycles. The highest BCUT2D eigenvalue weighted by molar-refractivity contribution is 7.09. The van der Waals surface area contributed by atoms with E-state index in [1.807, 2.05) is 6.92 Å². The number of unbranched alkanes of at least 4 members (excludes halogenated alkanes) is 1. The maximum Gasteiger partial charge on any atom is 0.194 e. The maximum atomic E-state index is 4.77. The minimum Gasteiger partial charge on any atom is -0.357 e. The van der Waals surface area contributed by atoms with Crippen molar-refractivity contribution in [2.75, 3.05) is 39.8 Å². The van der Waals surface area contributed by atoms with E-state index in [2.05, 4.69) is 39.5 Å². The molecule has 1 saturated heterocycles. The Hall–Kier alpha value is -1.14. The molecule has 130 valence electrons. The van der Waals surface area contributed by atoms with Gasteiger partial charge < -0.3 is 15.1 Å². The van der Waals surface area contributed by atoms with Gasteiger partial charge in [-0.05, 0) is 59.2 Å². The van der Waals surface area contributed by atoms with Crippen LogP contribution in [0.1, 0.15) is 43.3 Å². The van der Waals surface area contributed by atoms with Gasteiger partial charge in [0.05, 0.1) is 17.2 Å². The molecule has 0 atom stereocenters. The molecule has 1 N–H and O–H groups in total. The van der Waals surface area contributed by atoms with Crippen molar-refractivity contribution < 1.29 is 0 Å². The molecule has 1 aliphatic rings. The Morgan fingerprint density at radius 2 is 2.17 bits per heavy atom. The van der Waals surface area contributed by atoms with Crippen LogP contribution in [0.5, 0.6) is 0 Å². The molecule has 1 aromatic rings. The molecule has 0 bridgehead atoms. The number of aromatic nitrogens is 1. The molecule has 2 rings (SSSR count). The Labute approximate surface area is 144 Å². The van der Waals surface area contributed by atoms with Crippen molar-refractivity contribution in [3.8, 4) is 0 Å². The van der Waals surface area contributed by atoms with Gasteiger partial charge in [0, 0.05) is 25.5 Å². The zero-order chi connectivity index (χ0) is 16.5. The number of aliphatic imine (C=N–C) groups is 1. The first-order chi connectivity index (χ1) is 11.2. The molecular weight excluding hydrogens is 306 g/mol.